The Morgan fingerprint density at radius 1 is 1.20 bits per heavy atom. The largest absolute Gasteiger partial charge is 0.457 e. The molecule has 4 aliphatic rings. The lowest BCUT2D eigenvalue weighted by Crippen LogP contribution is -2.51. The molecule has 0 unspecified atom stereocenters. The van der Waals surface area contributed by atoms with Gasteiger partial charge in [-0.05, 0) is 56.3 Å². The number of thioether (sulfide) groups is 1. The third-order valence-corrected chi connectivity index (χ3v) is 6.92. The number of hydrogen-bond donors (Lipinski definition) is 0. The van der Waals surface area contributed by atoms with E-state index in [4.69, 9.17) is 9.26 Å². The fourth-order valence-corrected chi connectivity index (χ4v) is 6.07. The second-order valence-electron chi connectivity index (χ2n) is 8.00. The van der Waals surface area contributed by atoms with Crippen LogP contribution in [0.4, 0.5) is 0 Å². The van der Waals surface area contributed by atoms with Gasteiger partial charge in [0.25, 0.3) is 0 Å². The highest BCUT2D eigenvalue weighted by Crippen LogP contribution is 2.60. The Kier molecular flexibility index (Phi) is 4.60. The highest BCUT2D eigenvalue weighted by Gasteiger charge is 2.54. The van der Waals surface area contributed by atoms with Crippen LogP contribution in [-0.4, -0.2) is 34.3 Å². The highest BCUT2D eigenvalue weighted by atomic mass is 32.2. The molecule has 7 heteroatoms. The van der Waals surface area contributed by atoms with E-state index in [0.29, 0.717) is 17.5 Å². The fourth-order valence-electron chi connectivity index (χ4n) is 5.42. The van der Waals surface area contributed by atoms with Crippen molar-refractivity contribution < 1.29 is 18.8 Å². The minimum Gasteiger partial charge on any atom is -0.457 e. The van der Waals surface area contributed by atoms with Crippen LogP contribution in [0.2, 0.25) is 0 Å². The van der Waals surface area contributed by atoms with Crippen LogP contribution in [0.15, 0.2) is 4.52 Å². The van der Waals surface area contributed by atoms with E-state index >= 15 is 0 Å². The van der Waals surface area contributed by atoms with E-state index < -0.39 is 0 Å². The molecule has 4 bridgehead atoms. The van der Waals surface area contributed by atoms with Crippen molar-refractivity contribution in [1.29, 1.82) is 0 Å². The number of aromatic nitrogens is 2. The maximum absolute atomic E-state index is 12.8. The van der Waals surface area contributed by atoms with Crippen molar-refractivity contribution in [3.05, 3.63) is 11.7 Å². The molecular formula is C18H24N2O4S. The number of rotatable bonds is 7. The van der Waals surface area contributed by atoms with E-state index in [1.54, 1.807) is 6.92 Å². The van der Waals surface area contributed by atoms with Crippen LogP contribution in [0, 0.1) is 30.1 Å². The molecule has 0 aliphatic heterocycles. The summed E-state index contributed by atoms with van der Waals surface area (Å²) in [4.78, 5) is 28.8. The van der Waals surface area contributed by atoms with Gasteiger partial charge >= 0.3 is 5.97 Å². The zero-order valence-corrected chi connectivity index (χ0v) is 15.3. The Morgan fingerprint density at radius 2 is 1.84 bits per heavy atom. The van der Waals surface area contributed by atoms with Gasteiger partial charge in [-0.15, -0.1) is 11.8 Å². The zero-order chi connectivity index (χ0) is 17.4. The predicted octanol–water partition coefficient (Wildman–Crippen LogP) is 2.94. The first kappa shape index (κ1) is 17.1. The molecule has 0 atom stereocenters. The molecule has 6 nitrogen and oxygen atoms in total. The molecule has 0 saturated heterocycles. The lowest BCUT2D eigenvalue weighted by Gasteiger charge is -2.55. The minimum absolute atomic E-state index is 0.0626. The van der Waals surface area contributed by atoms with Gasteiger partial charge < -0.3 is 9.26 Å². The first-order chi connectivity index (χ1) is 12.0. The number of carbonyl (C=O) groups excluding carboxylic acids is 2. The van der Waals surface area contributed by atoms with Crippen molar-refractivity contribution in [1.82, 2.24) is 10.1 Å². The van der Waals surface area contributed by atoms with Gasteiger partial charge in [0.1, 0.15) is 0 Å². The van der Waals surface area contributed by atoms with Gasteiger partial charge in [-0.2, -0.15) is 4.98 Å². The minimum atomic E-state index is -0.344. The molecule has 0 radical (unpaired) electrons. The van der Waals surface area contributed by atoms with Crippen LogP contribution in [0.5, 0.6) is 0 Å². The van der Waals surface area contributed by atoms with Gasteiger partial charge in [0, 0.05) is 12.3 Å². The Balaban J connectivity index is 1.22. The van der Waals surface area contributed by atoms with E-state index in [1.165, 1.54) is 31.0 Å². The van der Waals surface area contributed by atoms with Crippen LogP contribution < -0.4 is 0 Å². The molecule has 0 amide bonds. The van der Waals surface area contributed by atoms with Crippen LogP contribution >= 0.6 is 11.8 Å². The third-order valence-electron chi connectivity index (χ3n) is 6.01. The fraction of sp³-hybridized carbons (Fsp3) is 0.778. The number of esters is 1. The summed E-state index contributed by atoms with van der Waals surface area (Å²) in [6.45, 7) is 1.67. The maximum atomic E-state index is 12.8. The Hall–Kier alpha value is -1.37. The van der Waals surface area contributed by atoms with Gasteiger partial charge in [-0.3, -0.25) is 9.59 Å². The normalized spacial score (nSPS) is 32.8. The van der Waals surface area contributed by atoms with Crippen molar-refractivity contribution >= 4 is 23.5 Å². The molecule has 136 valence electrons. The maximum Gasteiger partial charge on any atom is 0.316 e. The number of Topliss-reactive ketones (excluding diaryl/α,β-unsaturated/α-hetero) is 1. The summed E-state index contributed by atoms with van der Waals surface area (Å²) in [5.41, 5.74) is -0.190. The summed E-state index contributed by atoms with van der Waals surface area (Å²) in [6.07, 6.45) is 6.96. The van der Waals surface area contributed by atoms with E-state index in [0.717, 1.165) is 37.0 Å². The van der Waals surface area contributed by atoms with Crippen molar-refractivity contribution in [3.8, 4) is 0 Å². The van der Waals surface area contributed by atoms with Crippen molar-refractivity contribution in [2.75, 3.05) is 12.4 Å². The van der Waals surface area contributed by atoms with Gasteiger partial charge in [0.15, 0.2) is 18.2 Å². The molecular weight excluding hydrogens is 340 g/mol. The number of carbonyl (C=O) groups is 2. The Morgan fingerprint density at radius 3 is 2.40 bits per heavy atom. The molecule has 5 rings (SSSR count). The zero-order valence-electron chi connectivity index (χ0n) is 14.5. The lowest BCUT2D eigenvalue weighted by atomic mass is 9.48. The molecule has 4 fully saturated rings. The average Bonchev–Trinajstić information content (AvgIpc) is 2.96. The highest BCUT2D eigenvalue weighted by molar-refractivity contribution is 7.99. The van der Waals surface area contributed by atoms with Gasteiger partial charge in [-0.25, -0.2) is 0 Å². The Bertz CT molecular complexity index is 637. The third kappa shape index (κ3) is 3.61. The van der Waals surface area contributed by atoms with Crippen LogP contribution in [0.1, 0.15) is 50.2 Å². The van der Waals surface area contributed by atoms with Crippen molar-refractivity contribution in [3.63, 3.8) is 0 Å². The first-order valence-electron chi connectivity index (χ1n) is 9.08. The van der Waals surface area contributed by atoms with Crippen molar-refractivity contribution in [2.24, 2.45) is 23.2 Å². The van der Waals surface area contributed by atoms with Crippen molar-refractivity contribution in [2.45, 2.75) is 51.2 Å². The summed E-state index contributed by atoms with van der Waals surface area (Å²) in [7, 11) is 0. The Labute approximate surface area is 151 Å². The number of ketones is 1. The number of aryl methyl sites for hydroxylation is 1. The van der Waals surface area contributed by atoms with Crippen LogP contribution in [0.25, 0.3) is 0 Å². The van der Waals surface area contributed by atoms with E-state index in [1.807, 2.05) is 0 Å². The standard InChI is InChI=1S/C18H24N2O4S/c1-11-19-16(20-24-11)9-25-10-17(22)23-8-15(21)18-5-12-2-13(6-18)4-14(3-12)7-18/h12-14H,2-10H2,1H3. The molecule has 1 aromatic rings. The van der Waals surface area contributed by atoms with Crippen LogP contribution in [0.3, 0.4) is 0 Å². The number of nitrogens with zero attached hydrogens (tertiary/aromatic N) is 2. The first-order valence-corrected chi connectivity index (χ1v) is 10.2. The van der Waals surface area contributed by atoms with E-state index in [9.17, 15) is 9.59 Å². The van der Waals surface area contributed by atoms with Crippen LogP contribution in [-0.2, 0) is 20.1 Å². The van der Waals surface area contributed by atoms with Gasteiger partial charge in [0.05, 0.1) is 11.5 Å². The molecule has 25 heavy (non-hydrogen) atoms. The molecule has 0 spiro atoms. The smallest absolute Gasteiger partial charge is 0.316 e. The second-order valence-corrected chi connectivity index (χ2v) is 8.99. The molecule has 0 N–H and O–H groups in total. The summed E-state index contributed by atoms with van der Waals surface area (Å²) in [5, 5.41) is 3.78. The summed E-state index contributed by atoms with van der Waals surface area (Å²) in [6, 6.07) is 0. The average molecular weight is 364 g/mol. The number of hydrogen-bond acceptors (Lipinski definition) is 7. The quantitative estimate of drug-likeness (QED) is 0.688. The predicted molar refractivity (Wildman–Crippen MR) is 91.8 cm³/mol. The van der Waals surface area contributed by atoms with Gasteiger partial charge in [0.2, 0.25) is 5.89 Å². The number of ether oxygens (including phenoxy) is 1. The SMILES string of the molecule is Cc1nc(CSCC(=O)OCC(=O)C23CC4CC(CC(C4)C2)C3)no1. The molecule has 4 saturated carbocycles. The summed E-state index contributed by atoms with van der Waals surface area (Å²) in [5.74, 6) is 3.75. The van der Waals surface area contributed by atoms with E-state index in [2.05, 4.69) is 10.1 Å². The second kappa shape index (κ2) is 6.74. The summed E-state index contributed by atoms with van der Waals surface area (Å²) >= 11 is 1.37. The molecule has 1 aromatic heterocycles. The topological polar surface area (TPSA) is 82.3 Å². The van der Waals surface area contributed by atoms with Gasteiger partial charge in [-0.1, -0.05) is 5.16 Å². The van der Waals surface area contributed by atoms with E-state index in [-0.39, 0.29) is 29.5 Å². The molecule has 4 aliphatic carbocycles. The summed E-state index contributed by atoms with van der Waals surface area (Å²) < 4.78 is 10.1. The lowest BCUT2D eigenvalue weighted by molar-refractivity contribution is -0.156. The molecule has 1 heterocycles. The monoisotopic (exact) mass is 364 g/mol. The molecule has 0 aromatic carbocycles.